The van der Waals surface area contributed by atoms with Gasteiger partial charge in [0.2, 0.25) is 10.0 Å². The molecule has 0 aliphatic carbocycles. The van der Waals surface area contributed by atoms with Crippen molar-refractivity contribution < 1.29 is 27.9 Å². The number of carbonyl (C=O) groups is 2. The van der Waals surface area contributed by atoms with E-state index in [-0.39, 0.29) is 21.9 Å². The molecule has 0 radical (unpaired) electrons. The predicted molar refractivity (Wildman–Crippen MR) is 116 cm³/mol. The smallest absolute Gasteiger partial charge is 0.342 e. The number of anilines is 1. The molecule has 162 valence electrons. The van der Waals surface area contributed by atoms with Gasteiger partial charge >= 0.3 is 5.97 Å². The fourth-order valence-electron chi connectivity index (χ4n) is 2.74. The van der Waals surface area contributed by atoms with Crippen molar-refractivity contribution in [3.05, 3.63) is 52.0 Å². The quantitative estimate of drug-likeness (QED) is 0.539. The highest BCUT2D eigenvalue weighted by Crippen LogP contribution is 2.29. The number of carbonyl (C=O) groups excluding carboxylic acids is 2. The molecule has 0 aromatic heterocycles. The van der Waals surface area contributed by atoms with Crippen molar-refractivity contribution in [2.75, 3.05) is 25.0 Å². The van der Waals surface area contributed by atoms with Gasteiger partial charge in [-0.05, 0) is 58.7 Å². The summed E-state index contributed by atoms with van der Waals surface area (Å²) in [5, 5.41) is 12.5. The van der Waals surface area contributed by atoms with Crippen molar-refractivity contribution in [3.8, 4) is 5.75 Å². The lowest BCUT2D eigenvalue weighted by molar-refractivity contribution is -0.119. The largest absolute Gasteiger partial charge is 0.506 e. The summed E-state index contributed by atoms with van der Waals surface area (Å²) in [6.07, 6.45) is 0. The number of hydrogen-bond donors (Lipinski definition) is 2. The number of aryl methyl sites for hydroxylation is 1. The molecule has 0 saturated heterocycles. The highest BCUT2D eigenvalue weighted by Gasteiger charge is 2.22. The summed E-state index contributed by atoms with van der Waals surface area (Å²) in [7, 11) is -3.67. The Balaban J connectivity index is 2.07. The second kappa shape index (κ2) is 10.1. The fourth-order valence-corrected chi connectivity index (χ4v) is 4.82. The summed E-state index contributed by atoms with van der Waals surface area (Å²) in [5.74, 6) is -1.78. The maximum absolute atomic E-state index is 12.6. The lowest BCUT2D eigenvalue weighted by Gasteiger charge is -2.18. The molecule has 8 nitrogen and oxygen atoms in total. The zero-order valence-electron chi connectivity index (χ0n) is 16.8. The highest BCUT2D eigenvalue weighted by atomic mass is 79.9. The van der Waals surface area contributed by atoms with Crippen molar-refractivity contribution in [2.24, 2.45) is 0 Å². The number of halogens is 1. The van der Waals surface area contributed by atoms with E-state index in [1.54, 1.807) is 26.8 Å². The summed E-state index contributed by atoms with van der Waals surface area (Å²) in [4.78, 5) is 24.4. The number of ether oxygens (including phenoxy) is 1. The molecule has 2 rings (SSSR count). The van der Waals surface area contributed by atoms with Crippen molar-refractivity contribution in [3.63, 3.8) is 0 Å². The Morgan fingerprint density at radius 3 is 2.47 bits per heavy atom. The van der Waals surface area contributed by atoms with Gasteiger partial charge in [0.15, 0.2) is 6.61 Å². The third kappa shape index (κ3) is 5.59. The van der Waals surface area contributed by atoms with Gasteiger partial charge in [-0.25, -0.2) is 13.2 Å². The van der Waals surface area contributed by atoms with E-state index in [2.05, 4.69) is 21.2 Å². The molecular formula is C20H23BrN2O6S. The van der Waals surface area contributed by atoms with E-state index in [0.717, 1.165) is 5.56 Å². The normalized spacial score (nSPS) is 11.4. The molecule has 0 unspecified atom stereocenters. The molecule has 1 amide bonds. The first-order valence-electron chi connectivity index (χ1n) is 9.16. The number of sulfonamides is 1. The Morgan fingerprint density at radius 2 is 1.83 bits per heavy atom. The molecule has 10 heteroatoms. The number of phenols is 1. The van der Waals surface area contributed by atoms with Crippen LogP contribution in [0.4, 0.5) is 5.69 Å². The minimum Gasteiger partial charge on any atom is -0.506 e. The van der Waals surface area contributed by atoms with Gasteiger partial charge < -0.3 is 15.2 Å². The second-order valence-electron chi connectivity index (χ2n) is 6.38. The lowest BCUT2D eigenvalue weighted by atomic mass is 10.1. The molecule has 0 aliphatic heterocycles. The predicted octanol–water partition coefficient (Wildman–Crippen LogP) is 3.29. The summed E-state index contributed by atoms with van der Waals surface area (Å²) in [5.41, 5.74) is 0.912. The zero-order chi connectivity index (χ0) is 22.5. The average Bonchev–Trinajstić information content (AvgIpc) is 2.69. The Morgan fingerprint density at radius 1 is 1.17 bits per heavy atom. The van der Waals surface area contributed by atoms with Crippen molar-refractivity contribution in [1.82, 2.24) is 4.31 Å². The van der Waals surface area contributed by atoms with Crippen LogP contribution in [0.2, 0.25) is 0 Å². The van der Waals surface area contributed by atoms with Crippen LogP contribution in [0, 0.1) is 6.92 Å². The Hall–Kier alpha value is -2.43. The number of aromatic hydroxyl groups is 1. The second-order valence-corrected chi connectivity index (χ2v) is 9.18. The minimum absolute atomic E-state index is 0.0514. The van der Waals surface area contributed by atoms with E-state index < -0.39 is 28.5 Å². The van der Waals surface area contributed by atoms with Gasteiger partial charge in [0, 0.05) is 18.8 Å². The molecule has 2 aromatic rings. The summed E-state index contributed by atoms with van der Waals surface area (Å²) < 4.78 is 31.8. The Bertz CT molecular complexity index is 1050. The molecule has 0 atom stereocenters. The molecule has 2 N–H and O–H groups in total. The first kappa shape index (κ1) is 23.8. The number of nitrogens with one attached hydrogen (secondary N) is 1. The van der Waals surface area contributed by atoms with Crippen LogP contribution >= 0.6 is 15.9 Å². The maximum Gasteiger partial charge on any atom is 0.342 e. The van der Waals surface area contributed by atoms with Gasteiger partial charge in [0.05, 0.1) is 9.37 Å². The van der Waals surface area contributed by atoms with Crippen molar-refractivity contribution >= 4 is 43.5 Å². The third-order valence-corrected chi connectivity index (χ3v) is 6.87. The van der Waals surface area contributed by atoms with Crippen LogP contribution in [0.25, 0.3) is 0 Å². The van der Waals surface area contributed by atoms with Crippen LogP contribution in [0.5, 0.6) is 5.75 Å². The van der Waals surface area contributed by atoms with E-state index >= 15 is 0 Å². The van der Waals surface area contributed by atoms with Gasteiger partial charge in [0.25, 0.3) is 5.91 Å². The van der Waals surface area contributed by atoms with Crippen LogP contribution in [-0.4, -0.2) is 49.4 Å². The first-order chi connectivity index (χ1) is 14.1. The molecule has 0 heterocycles. The van der Waals surface area contributed by atoms with Gasteiger partial charge in [-0.3, -0.25) is 4.79 Å². The number of nitrogens with zero attached hydrogens (tertiary/aromatic N) is 1. The van der Waals surface area contributed by atoms with E-state index in [0.29, 0.717) is 17.6 Å². The van der Waals surface area contributed by atoms with Gasteiger partial charge in [0.1, 0.15) is 11.3 Å². The summed E-state index contributed by atoms with van der Waals surface area (Å²) >= 11 is 3.14. The Labute approximate surface area is 184 Å². The monoisotopic (exact) mass is 498 g/mol. The number of rotatable bonds is 8. The Kier molecular flexibility index (Phi) is 7.99. The SMILES string of the molecule is CCN(CC)S(=O)(=O)c1cccc(NC(=O)COC(=O)c2cc(C)cc(Br)c2O)c1. The molecule has 0 bridgehead atoms. The molecule has 0 fully saturated rings. The first-order valence-corrected chi connectivity index (χ1v) is 11.4. The number of benzene rings is 2. The average molecular weight is 499 g/mol. The highest BCUT2D eigenvalue weighted by molar-refractivity contribution is 9.10. The van der Waals surface area contributed by atoms with Crippen molar-refractivity contribution in [1.29, 1.82) is 0 Å². The number of hydrogen-bond acceptors (Lipinski definition) is 6. The van der Waals surface area contributed by atoms with Gasteiger partial charge in [-0.15, -0.1) is 0 Å². The minimum atomic E-state index is -3.67. The standard InChI is InChI=1S/C20H23BrN2O6S/c1-4-23(5-2)30(27,28)15-8-6-7-14(11-15)22-18(24)12-29-20(26)16-9-13(3)10-17(21)19(16)25/h6-11,25H,4-5,12H2,1-3H3,(H,22,24). The van der Waals surface area contributed by atoms with Crippen LogP contribution in [0.3, 0.4) is 0 Å². The molecule has 0 saturated carbocycles. The van der Waals surface area contributed by atoms with Crippen LogP contribution in [-0.2, 0) is 19.6 Å². The lowest BCUT2D eigenvalue weighted by Crippen LogP contribution is -2.30. The van der Waals surface area contributed by atoms with Crippen molar-refractivity contribution in [2.45, 2.75) is 25.7 Å². The van der Waals surface area contributed by atoms with Gasteiger partial charge in [-0.1, -0.05) is 19.9 Å². The van der Waals surface area contributed by atoms with E-state index in [9.17, 15) is 23.1 Å². The van der Waals surface area contributed by atoms with Gasteiger partial charge in [-0.2, -0.15) is 4.31 Å². The number of phenolic OH excluding ortho intramolecular Hbond substituents is 1. The topological polar surface area (TPSA) is 113 Å². The van der Waals surface area contributed by atoms with Crippen LogP contribution in [0.15, 0.2) is 45.8 Å². The molecular weight excluding hydrogens is 476 g/mol. The fraction of sp³-hybridized carbons (Fsp3) is 0.300. The maximum atomic E-state index is 12.6. The van der Waals surface area contributed by atoms with Crippen LogP contribution in [0.1, 0.15) is 29.8 Å². The third-order valence-electron chi connectivity index (χ3n) is 4.22. The molecule has 0 aliphatic rings. The molecule has 0 spiro atoms. The zero-order valence-corrected chi connectivity index (χ0v) is 19.2. The molecule has 30 heavy (non-hydrogen) atoms. The van der Waals surface area contributed by atoms with E-state index in [4.69, 9.17) is 4.74 Å². The van der Waals surface area contributed by atoms with E-state index in [1.807, 2.05) is 0 Å². The number of amides is 1. The molecule has 2 aromatic carbocycles. The summed E-state index contributed by atoms with van der Waals surface area (Å²) in [6.45, 7) is 5.28. The van der Waals surface area contributed by atoms with E-state index in [1.165, 1.54) is 34.6 Å². The number of esters is 1. The summed E-state index contributed by atoms with van der Waals surface area (Å²) in [6, 6.07) is 8.92. The van der Waals surface area contributed by atoms with Crippen LogP contribution < -0.4 is 5.32 Å².